The van der Waals surface area contributed by atoms with Gasteiger partial charge in [-0.1, -0.05) is 18.5 Å². The summed E-state index contributed by atoms with van der Waals surface area (Å²) in [6.07, 6.45) is 3.32. The summed E-state index contributed by atoms with van der Waals surface area (Å²) in [4.78, 5) is 9.87. The van der Waals surface area contributed by atoms with Crippen molar-refractivity contribution in [3.05, 3.63) is 41.6 Å². The molecule has 0 spiro atoms. The Morgan fingerprint density at radius 2 is 1.91 bits per heavy atom. The van der Waals surface area contributed by atoms with Crippen LogP contribution in [-0.2, 0) is 0 Å². The zero-order valence-corrected chi connectivity index (χ0v) is 14.1. The van der Waals surface area contributed by atoms with Crippen LogP contribution in [0.1, 0.15) is 13.3 Å². The molecule has 1 aliphatic rings. The SMILES string of the molecule is CCCN1CCN(c2nc3cc(Cl)ccc3n3cccc23)CC1. The highest BCUT2D eigenvalue weighted by molar-refractivity contribution is 6.31. The van der Waals surface area contributed by atoms with Crippen molar-refractivity contribution in [2.45, 2.75) is 13.3 Å². The highest BCUT2D eigenvalue weighted by atomic mass is 35.5. The van der Waals surface area contributed by atoms with Crippen molar-refractivity contribution in [1.29, 1.82) is 0 Å². The molecular formula is C18H21ClN4. The number of halogens is 1. The van der Waals surface area contributed by atoms with Gasteiger partial charge >= 0.3 is 0 Å². The van der Waals surface area contributed by atoms with Crippen LogP contribution in [0.15, 0.2) is 36.5 Å². The van der Waals surface area contributed by atoms with Crippen molar-refractivity contribution in [1.82, 2.24) is 14.3 Å². The summed E-state index contributed by atoms with van der Waals surface area (Å²) < 4.78 is 2.21. The third-order valence-corrected chi connectivity index (χ3v) is 4.85. The van der Waals surface area contributed by atoms with Crippen LogP contribution in [-0.4, -0.2) is 47.0 Å². The van der Waals surface area contributed by atoms with Gasteiger partial charge in [0, 0.05) is 37.4 Å². The summed E-state index contributed by atoms with van der Waals surface area (Å²) in [5, 5.41) is 0.732. The van der Waals surface area contributed by atoms with E-state index < -0.39 is 0 Å². The summed E-state index contributed by atoms with van der Waals surface area (Å²) >= 11 is 6.17. The molecule has 23 heavy (non-hydrogen) atoms. The van der Waals surface area contributed by atoms with E-state index in [4.69, 9.17) is 16.6 Å². The van der Waals surface area contributed by atoms with Gasteiger partial charge < -0.3 is 9.30 Å². The molecule has 0 N–H and O–H groups in total. The molecule has 3 heterocycles. The van der Waals surface area contributed by atoms with Gasteiger partial charge in [0.15, 0.2) is 5.82 Å². The number of nitrogens with zero attached hydrogens (tertiary/aromatic N) is 4. The second-order valence-electron chi connectivity index (χ2n) is 6.16. The Bertz CT molecular complexity index is 834. The van der Waals surface area contributed by atoms with Crippen molar-refractivity contribution in [3.63, 3.8) is 0 Å². The van der Waals surface area contributed by atoms with Crippen LogP contribution in [0.2, 0.25) is 5.02 Å². The van der Waals surface area contributed by atoms with Gasteiger partial charge in [0.1, 0.15) is 0 Å². The molecule has 1 saturated heterocycles. The van der Waals surface area contributed by atoms with Crippen molar-refractivity contribution >= 4 is 34.0 Å². The van der Waals surface area contributed by atoms with Gasteiger partial charge in [0.2, 0.25) is 0 Å². The van der Waals surface area contributed by atoms with E-state index in [1.807, 2.05) is 18.2 Å². The standard InChI is InChI=1S/C18H21ClN4/c1-2-7-21-9-11-22(12-10-21)18-17-4-3-8-23(17)16-6-5-14(19)13-15(16)20-18/h3-6,8,13H,2,7,9-12H2,1H3. The van der Waals surface area contributed by atoms with Gasteiger partial charge in [0.25, 0.3) is 0 Å². The quantitative estimate of drug-likeness (QED) is 0.733. The molecule has 120 valence electrons. The largest absolute Gasteiger partial charge is 0.352 e. The Balaban J connectivity index is 1.75. The Labute approximate surface area is 141 Å². The molecule has 0 atom stereocenters. The fourth-order valence-electron chi connectivity index (χ4n) is 3.47. The second kappa shape index (κ2) is 6.02. The van der Waals surface area contributed by atoms with Gasteiger partial charge in [-0.2, -0.15) is 0 Å². The molecule has 0 aliphatic carbocycles. The van der Waals surface area contributed by atoms with Gasteiger partial charge in [-0.3, -0.25) is 4.90 Å². The van der Waals surface area contributed by atoms with E-state index in [-0.39, 0.29) is 0 Å². The molecule has 2 aromatic heterocycles. The average molecular weight is 329 g/mol. The Hall–Kier alpha value is -1.78. The summed E-state index contributed by atoms with van der Waals surface area (Å²) in [5.74, 6) is 1.07. The topological polar surface area (TPSA) is 23.8 Å². The van der Waals surface area contributed by atoms with Crippen molar-refractivity contribution in [3.8, 4) is 0 Å². The summed E-state index contributed by atoms with van der Waals surface area (Å²) in [6, 6.07) is 10.2. The average Bonchev–Trinajstić information content (AvgIpc) is 3.04. The molecule has 4 nitrogen and oxygen atoms in total. The second-order valence-corrected chi connectivity index (χ2v) is 6.60. The van der Waals surface area contributed by atoms with Crippen molar-refractivity contribution in [2.75, 3.05) is 37.6 Å². The fraction of sp³-hybridized carbons (Fsp3) is 0.389. The van der Waals surface area contributed by atoms with E-state index in [0.29, 0.717) is 0 Å². The predicted molar refractivity (Wildman–Crippen MR) is 96.7 cm³/mol. The summed E-state index contributed by atoms with van der Waals surface area (Å²) in [6.45, 7) is 7.70. The first-order valence-electron chi connectivity index (χ1n) is 8.30. The van der Waals surface area contributed by atoms with Gasteiger partial charge in [-0.15, -0.1) is 0 Å². The molecule has 0 bridgehead atoms. The number of hydrogen-bond acceptors (Lipinski definition) is 3. The smallest absolute Gasteiger partial charge is 0.153 e. The third-order valence-electron chi connectivity index (χ3n) is 4.61. The number of hydrogen-bond donors (Lipinski definition) is 0. The van der Waals surface area contributed by atoms with Crippen LogP contribution >= 0.6 is 11.6 Å². The highest BCUT2D eigenvalue weighted by Crippen LogP contribution is 2.27. The first kappa shape index (κ1) is 14.8. The number of rotatable bonds is 3. The molecule has 0 radical (unpaired) electrons. The lowest BCUT2D eigenvalue weighted by Gasteiger charge is -2.35. The molecule has 1 fully saturated rings. The van der Waals surface area contributed by atoms with E-state index in [9.17, 15) is 0 Å². The maximum atomic E-state index is 6.17. The molecular weight excluding hydrogens is 308 g/mol. The lowest BCUT2D eigenvalue weighted by molar-refractivity contribution is 0.258. The van der Waals surface area contributed by atoms with Crippen LogP contribution < -0.4 is 4.90 Å². The lowest BCUT2D eigenvalue weighted by Crippen LogP contribution is -2.47. The number of fused-ring (bicyclic) bond motifs is 3. The minimum absolute atomic E-state index is 0.732. The van der Waals surface area contributed by atoms with Crippen LogP contribution in [0.4, 0.5) is 5.82 Å². The van der Waals surface area contributed by atoms with E-state index in [1.54, 1.807) is 0 Å². The molecule has 0 amide bonds. The maximum Gasteiger partial charge on any atom is 0.153 e. The molecule has 0 unspecified atom stereocenters. The fourth-order valence-corrected chi connectivity index (χ4v) is 3.63. The molecule has 0 saturated carbocycles. The van der Waals surface area contributed by atoms with Crippen molar-refractivity contribution < 1.29 is 0 Å². The van der Waals surface area contributed by atoms with Gasteiger partial charge in [-0.05, 0) is 43.3 Å². The lowest BCUT2D eigenvalue weighted by atomic mass is 10.2. The Morgan fingerprint density at radius 1 is 1.09 bits per heavy atom. The number of piperazine rings is 1. The summed E-state index contributed by atoms with van der Waals surface area (Å²) in [5.41, 5.74) is 3.22. The van der Waals surface area contributed by atoms with E-state index in [1.165, 1.54) is 18.5 Å². The van der Waals surface area contributed by atoms with Gasteiger partial charge in [-0.25, -0.2) is 4.98 Å². The van der Waals surface area contributed by atoms with E-state index >= 15 is 0 Å². The van der Waals surface area contributed by atoms with Gasteiger partial charge in [0.05, 0.1) is 16.6 Å². The van der Waals surface area contributed by atoms with Crippen LogP contribution in [0.3, 0.4) is 0 Å². The number of anilines is 1. The van der Waals surface area contributed by atoms with E-state index in [2.05, 4.69) is 39.5 Å². The molecule has 4 rings (SSSR count). The van der Waals surface area contributed by atoms with Crippen LogP contribution in [0.5, 0.6) is 0 Å². The molecule has 5 heteroatoms. The first-order valence-corrected chi connectivity index (χ1v) is 8.67. The minimum Gasteiger partial charge on any atom is -0.352 e. The molecule has 1 aromatic carbocycles. The minimum atomic E-state index is 0.732. The highest BCUT2D eigenvalue weighted by Gasteiger charge is 2.20. The predicted octanol–water partition coefficient (Wildman–Crippen LogP) is 3.67. The van der Waals surface area contributed by atoms with Crippen molar-refractivity contribution in [2.24, 2.45) is 0 Å². The van der Waals surface area contributed by atoms with Crippen LogP contribution in [0, 0.1) is 0 Å². The maximum absolute atomic E-state index is 6.17. The van der Waals surface area contributed by atoms with Crippen LogP contribution in [0.25, 0.3) is 16.6 Å². The Kier molecular flexibility index (Phi) is 3.87. The monoisotopic (exact) mass is 328 g/mol. The Morgan fingerprint density at radius 3 is 2.70 bits per heavy atom. The molecule has 1 aliphatic heterocycles. The number of aromatic nitrogens is 2. The number of benzene rings is 1. The third kappa shape index (κ3) is 2.66. The summed E-state index contributed by atoms with van der Waals surface area (Å²) in [7, 11) is 0. The normalized spacial score (nSPS) is 16.5. The van der Waals surface area contributed by atoms with E-state index in [0.717, 1.165) is 48.1 Å². The first-order chi connectivity index (χ1) is 11.3. The molecule has 3 aromatic rings. The zero-order chi connectivity index (χ0) is 15.8. The zero-order valence-electron chi connectivity index (χ0n) is 13.4.